The van der Waals surface area contributed by atoms with Crippen molar-refractivity contribution < 1.29 is 4.79 Å². The van der Waals surface area contributed by atoms with Gasteiger partial charge in [0, 0.05) is 18.0 Å². The van der Waals surface area contributed by atoms with E-state index in [0.717, 1.165) is 18.0 Å². The first-order chi connectivity index (χ1) is 7.77. The van der Waals surface area contributed by atoms with Crippen LogP contribution in [0.15, 0.2) is 35.2 Å². The van der Waals surface area contributed by atoms with E-state index in [1.807, 2.05) is 62.9 Å². The van der Waals surface area contributed by atoms with Crippen molar-refractivity contribution in [2.45, 2.75) is 32.6 Å². The predicted molar refractivity (Wildman–Crippen MR) is 72.0 cm³/mol. The first-order valence-electron chi connectivity index (χ1n) is 5.79. The van der Waals surface area contributed by atoms with Crippen LogP contribution in [0.25, 0.3) is 0 Å². The average molecular weight is 239 g/mol. The zero-order valence-electron chi connectivity index (χ0n) is 10.6. The Morgan fingerprint density at radius 1 is 1.12 bits per heavy atom. The van der Waals surface area contributed by atoms with Gasteiger partial charge in [-0.2, -0.15) is 0 Å². The Morgan fingerprint density at radius 3 is 2.06 bits per heavy atom. The maximum Gasteiger partial charge on any atom is 0.286 e. The molecule has 0 N–H and O–H groups in total. The number of amides is 1. The highest BCUT2D eigenvalue weighted by atomic mass is 32.2. The topological polar surface area (TPSA) is 20.3 Å². The zero-order valence-corrected chi connectivity index (χ0v) is 11.4. The Balaban J connectivity index is 0.00000106. The number of hydrogen-bond acceptors (Lipinski definition) is 2. The van der Waals surface area contributed by atoms with E-state index in [1.54, 1.807) is 0 Å². The summed E-state index contributed by atoms with van der Waals surface area (Å²) in [7, 11) is 0. The number of carbonyl (C=O) groups is 1. The van der Waals surface area contributed by atoms with Gasteiger partial charge >= 0.3 is 0 Å². The van der Waals surface area contributed by atoms with Gasteiger partial charge in [0.2, 0.25) is 0 Å². The van der Waals surface area contributed by atoms with Gasteiger partial charge in [-0.05, 0) is 37.7 Å². The van der Waals surface area contributed by atoms with Gasteiger partial charge in [-0.15, -0.1) is 0 Å². The Kier molecular flexibility index (Phi) is 8.72. The van der Waals surface area contributed by atoms with Crippen molar-refractivity contribution in [3.63, 3.8) is 0 Å². The van der Waals surface area contributed by atoms with Crippen LogP contribution < -0.4 is 0 Å². The summed E-state index contributed by atoms with van der Waals surface area (Å²) in [6.07, 6.45) is 0. The molecule has 0 saturated heterocycles. The van der Waals surface area contributed by atoms with Crippen LogP contribution in [0.3, 0.4) is 0 Å². The molecule has 0 aromatic heterocycles. The fourth-order valence-corrected chi connectivity index (χ4v) is 2.02. The second kappa shape index (κ2) is 9.28. The van der Waals surface area contributed by atoms with Crippen LogP contribution in [0, 0.1) is 0 Å². The van der Waals surface area contributed by atoms with E-state index >= 15 is 0 Å². The summed E-state index contributed by atoms with van der Waals surface area (Å²) in [6.45, 7) is 9.53. The van der Waals surface area contributed by atoms with E-state index in [1.165, 1.54) is 11.8 Å². The Labute approximate surface area is 103 Å². The van der Waals surface area contributed by atoms with E-state index in [0.29, 0.717) is 0 Å². The third-order valence-corrected chi connectivity index (χ3v) is 2.91. The summed E-state index contributed by atoms with van der Waals surface area (Å²) < 4.78 is 0. The highest BCUT2D eigenvalue weighted by Gasteiger charge is 2.10. The first-order valence-corrected chi connectivity index (χ1v) is 6.61. The number of nitrogens with zero attached hydrogens (tertiary/aromatic N) is 1. The molecule has 0 aliphatic rings. The van der Waals surface area contributed by atoms with Gasteiger partial charge in [-0.25, -0.2) is 0 Å². The number of benzene rings is 1. The second-order valence-corrected chi connectivity index (χ2v) is 3.88. The Hall–Kier alpha value is -0.960. The number of hydrogen-bond donors (Lipinski definition) is 0. The van der Waals surface area contributed by atoms with Crippen molar-refractivity contribution in [3.8, 4) is 0 Å². The molecule has 0 saturated carbocycles. The van der Waals surface area contributed by atoms with Gasteiger partial charge in [0.15, 0.2) is 0 Å². The minimum atomic E-state index is 0.126. The van der Waals surface area contributed by atoms with Gasteiger partial charge in [0.25, 0.3) is 5.24 Å². The molecular formula is C13H21NOS. The molecule has 1 rings (SSSR count). The molecule has 0 bridgehead atoms. The van der Waals surface area contributed by atoms with Crippen LogP contribution in [0.2, 0.25) is 0 Å². The highest BCUT2D eigenvalue weighted by molar-refractivity contribution is 8.13. The highest BCUT2D eigenvalue weighted by Crippen LogP contribution is 2.20. The fourth-order valence-electron chi connectivity index (χ4n) is 1.14. The third kappa shape index (κ3) is 5.21. The molecule has 1 aromatic rings. The van der Waals surface area contributed by atoms with Gasteiger partial charge in [-0.1, -0.05) is 32.0 Å². The molecule has 16 heavy (non-hydrogen) atoms. The molecule has 0 fully saturated rings. The van der Waals surface area contributed by atoms with Gasteiger partial charge < -0.3 is 4.90 Å². The summed E-state index contributed by atoms with van der Waals surface area (Å²) >= 11 is 1.29. The normalized spacial score (nSPS) is 9.00. The molecule has 0 aliphatic heterocycles. The minimum absolute atomic E-state index is 0.126. The lowest BCUT2D eigenvalue weighted by Crippen LogP contribution is -2.26. The summed E-state index contributed by atoms with van der Waals surface area (Å²) in [5.74, 6) is 0. The van der Waals surface area contributed by atoms with Crippen molar-refractivity contribution in [1.82, 2.24) is 4.90 Å². The van der Waals surface area contributed by atoms with E-state index in [9.17, 15) is 4.79 Å². The van der Waals surface area contributed by atoms with Gasteiger partial charge in [-0.3, -0.25) is 4.79 Å². The van der Waals surface area contributed by atoms with E-state index in [4.69, 9.17) is 0 Å². The maximum atomic E-state index is 11.7. The zero-order chi connectivity index (χ0) is 12.4. The lowest BCUT2D eigenvalue weighted by molar-refractivity contribution is 0.228. The number of thioether (sulfide) groups is 1. The standard InChI is InChI=1S/C11H15NOS.C2H6/c1-3-12(4-2)11(13)14-10-8-6-5-7-9-10;1-2/h5-9H,3-4H2,1-2H3;1-2H3. The quantitative estimate of drug-likeness (QED) is 0.734. The van der Waals surface area contributed by atoms with Crippen LogP contribution >= 0.6 is 11.8 Å². The summed E-state index contributed by atoms with van der Waals surface area (Å²) in [6, 6.07) is 9.74. The Morgan fingerprint density at radius 2 is 1.62 bits per heavy atom. The molecule has 0 unspecified atom stereocenters. The SMILES string of the molecule is CC.CCN(CC)C(=O)Sc1ccccc1. The van der Waals surface area contributed by atoms with Crippen molar-refractivity contribution >= 4 is 17.0 Å². The van der Waals surface area contributed by atoms with E-state index in [-0.39, 0.29) is 5.24 Å². The van der Waals surface area contributed by atoms with Crippen molar-refractivity contribution in [2.75, 3.05) is 13.1 Å². The summed E-state index contributed by atoms with van der Waals surface area (Å²) in [5, 5.41) is 0.126. The molecule has 90 valence electrons. The molecule has 1 amide bonds. The molecule has 0 atom stereocenters. The van der Waals surface area contributed by atoms with Crippen molar-refractivity contribution in [1.29, 1.82) is 0 Å². The van der Waals surface area contributed by atoms with Crippen LogP contribution in [0.1, 0.15) is 27.7 Å². The predicted octanol–water partition coefficient (Wildman–Crippen LogP) is 4.27. The Bertz CT molecular complexity index is 283. The largest absolute Gasteiger partial charge is 0.334 e. The van der Waals surface area contributed by atoms with Gasteiger partial charge in [0.1, 0.15) is 0 Å². The fraction of sp³-hybridized carbons (Fsp3) is 0.462. The van der Waals surface area contributed by atoms with Crippen LogP contribution in [-0.2, 0) is 0 Å². The van der Waals surface area contributed by atoms with E-state index in [2.05, 4.69) is 0 Å². The van der Waals surface area contributed by atoms with Crippen LogP contribution in [0.4, 0.5) is 4.79 Å². The monoisotopic (exact) mass is 239 g/mol. The number of rotatable bonds is 3. The van der Waals surface area contributed by atoms with Gasteiger partial charge in [0.05, 0.1) is 0 Å². The molecule has 3 heteroatoms. The van der Waals surface area contributed by atoms with Crippen LogP contribution in [0.5, 0.6) is 0 Å². The molecule has 2 nitrogen and oxygen atoms in total. The summed E-state index contributed by atoms with van der Waals surface area (Å²) in [4.78, 5) is 14.5. The lowest BCUT2D eigenvalue weighted by atomic mass is 10.4. The molecule has 0 radical (unpaired) electrons. The average Bonchev–Trinajstić information content (AvgIpc) is 2.34. The second-order valence-electron chi connectivity index (χ2n) is 2.85. The van der Waals surface area contributed by atoms with Crippen LogP contribution in [-0.4, -0.2) is 23.2 Å². The maximum absolute atomic E-state index is 11.7. The smallest absolute Gasteiger partial charge is 0.286 e. The molecule has 1 aromatic carbocycles. The van der Waals surface area contributed by atoms with Crippen molar-refractivity contribution in [2.24, 2.45) is 0 Å². The van der Waals surface area contributed by atoms with Crippen molar-refractivity contribution in [3.05, 3.63) is 30.3 Å². The first kappa shape index (κ1) is 15.0. The molecule has 0 spiro atoms. The lowest BCUT2D eigenvalue weighted by Gasteiger charge is -2.17. The number of carbonyl (C=O) groups excluding carboxylic acids is 1. The molecule has 0 aliphatic carbocycles. The third-order valence-electron chi connectivity index (χ3n) is 1.97. The minimum Gasteiger partial charge on any atom is -0.334 e. The molecule has 0 heterocycles. The molecular weight excluding hydrogens is 218 g/mol. The van der Waals surface area contributed by atoms with E-state index < -0.39 is 0 Å². The summed E-state index contributed by atoms with van der Waals surface area (Å²) in [5.41, 5.74) is 0.